The van der Waals surface area contributed by atoms with Crippen molar-refractivity contribution in [1.82, 2.24) is 0 Å². The quantitative estimate of drug-likeness (QED) is 0.402. The van der Waals surface area contributed by atoms with Crippen molar-refractivity contribution in [3.8, 4) is 0 Å². The molecule has 1 saturated heterocycles. The van der Waals surface area contributed by atoms with Gasteiger partial charge in [-0.05, 0) is 19.3 Å². The van der Waals surface area contributed by atoms with Crippen LogP contribution in [0, 0.1) is 0 Å². The standard InChI is InChI=1S/C14H26O5/c1-2-3-4-5-6-7-8-18-9-12(16)14-13(17)11(15)10-19-14/h2,11-17H,1,3-10H2/t11-,12+,13-,14-/m0/s1. The number of unbranched alkanes of at least 4 members (excludes halogenated alkanes) is 4. The van der Waals surface area contributed by atoms with Crippen LogP contribution >= 0.6 is 0 Å². The molecule has 0 aromatic carbocycles. The molecule has 1 aliphatic rings. The largest absolute Gasteiger partial charge is 0.388 e. The Morgan fingerprint density at radius 3 is 2.63 bits per heavy atom. The molecule has 112 valence electrons. The minimum Gasteiger partial charge on any atom is -0.388 e. The van der Waals surface area contributed by atoms with Crippen LogP contribution in [0.3, 0.4) is 0 Å². The lowest BCUT2D eigenvalue weighted by atomic mass is 10.1. The normalized spacial score (nSPS) is 28.5. The van der Waals surface area contributed by atoms with E-state index < -0.39 is 24.4 Å². The second-order valence-corrected chi connectivity index (χ2v) is 4.99. The van der Waals surface area contributed by atoms with Crippen molar-refractivity contribution in [2.24, 2.45) is 0 Å². The first-order chi connectivity index (χ1) is 9.16. The summed E-state index contributed by atoms with van der Waals surface area (Å²) in [7, 11) is 0. The number of hydrogen-bond donors (Lipinski definition) is 3. The van der Waals surface area contributed by atoms with Crippen LogP contribution in [0.4, 0.5) is 0 Å². The van der Waals surface area contributed by atoms with Gasteiger partial charge in [0, 0.05) is 6.61 Å². The van der Waals surface area contributed by atoms with Gasteiger partial charge in [-0.3, -0.25) is 0 Å². The molecule has 1 fully saturated rings. The Labute approximate surface area is 114 Å². The van der Waals surface area contributed by atoms with Gasteiger partial charge in [-0.25, -0.2) is 0 Å². The molecule has 0 aliphatic carbocycles. The monoisotopic (exact) mass is 274 g/mol. The molecule has 0 aromatic heterocycles. The molecule has 5 nitrogen and oxygen atoms in total. The molecule has 5 heteroatoms. The van der Waals surface area contributed by atoms with Crippen LogP contribution < -0.4 is 0 Å². The predicted molar refractivity (Wildman–Crippen MR) is 71.9 cm³/mol. The Hall–Kier alpha value is -0.460. The van der Waals surface area contributed by atoms with Crippen LogP contribution in [0.25, 0.3) is 0 Å². The first-order valence-corrected chi connectivity index (χ1v) is 7.01. The summed E-state index contributed by atoms with van der Waals surface area (Å²) in [5.74, 6) is 0. The fourth-order valence-corrected chi connectivity index (χ4v) is 2.11. The van der Waals surface area contributed by atoms with E-state index in [4.69, 9.17) is 9.47 Å². The molecule has 0 spiro atoms. The summed E-state index contributed by atoms with van der Waals surface area (Å²) in [6.07, 6.45) is 3.77. The van der Waals surface area contributed by atoms with Gasteiger partial charge < -0.3 is 24.8 Å². The van der Waals surface area contributed by atoms with Gasteiger partial charge in [0.25, 0.3) is 0 Å². The fraction of sp³-hybridized carbons (Fsp3) is 0.857. The maximum absolute atomic E-state index is 9.78. The van der Waals surface area contributed by atoms with Crippen molar-refractivity contribution in [2.75, 3.05) is 19.8 Å². The first-order valence-electron chi connectivity index (χ1n) is 7.01. The van der Waals surface area contributed by atoms with Crippen molar-refractivity contribution in [3.05, 3.63) is 12.7 Å². The second kappa shape index (κ2) is 9.44. The highest BCUT2D eigenvalue weighted by molar-refractivity contribution is 4.87. The molecule has 3 N–H and O–H groups in total. The van der Waals surface area contributed by atoms with Gasteiger partial charge in [-0.2, -0.15) is 0 Å². The van der Waals surface area contributed by atoms with Crippen LogP contribution in [0.5, 0.6) is 0 Å². The van der Waals surface area contributed by atoms with Crippen molar-refractivity contribution in [1.29, 1.82) is 0 Å². The number of ether oxygens (including phenoxy) is 2. The van der Waals surface area contributed by atoms with Gasteiger partial charge in [-0.1, -0.05) is 18.9 Å². The molecule has 1 heterocycles. The molecule has 0 unspecified atom stereocenters. The smallest absolute Gasteiger partial charge is 0.114 e. The Kier molecular flexibility index (Phi) is 8.25. The highest BCUT2D eigenvalue weighted by Crippen LogP contribution is 2.17. The van der Waals surface area contributed by atoms with Gasteiger partial charge in [-0.15, -0.1) is 6.58 Å². The maximum atomic E-state index is 9.78. The lowest BCUT2D eigenvalue weighted by Gasteiger charge is -2.20. The molecule has 0 radical (unpaired) electrons. The molecule has 19 heavy (non-hydrogen) atoms. The van der Waals surface area contributed by atoms with Crippen LogP contribution in [0.2, 0.25) is 0 Å². The van der Waals surface area contributed by atoms with Crippen molar-refractivity contribution >= 4 is 0 Å². The average Bonchev–Trinajstić information content (AvgIpc) is 2.73. The average molecular weight is 274 g/mol. The van der Waals surface area contributed by atoms with E-state index in [2.05, 4.69) is 6.58 Å². The van der Waals surface area contributed by atoms with E-state index in [1.807, 2.05) is 6.08 Å². The van der Waals surface area contributed by atoms with E-state index >= 15 is 0 Å². The maximum Gasteiger partial charge on any atom is 0.114 e. The van der Waals surface area contributed by atoms with Gasteiger partial charge in [0.2, 0.25) is 0 Å². The Morgan fingerprint density at radius 2 is 2.00 bits per heavy atom. The van der Waals surface area contributed by atoms with Crippen LogP contribution in [0.15, 0.2) is 12.7 Å². The van der Waals surface area contributed by atoms with Gasteiger partial charge in [0.1, 0.15) is 24.4 Å². The topological polar surface area (TPSA) is 79.2 Å². The summed E-state index contributed by atoms with van der Waals surface area (Å²) in [5, 5.41) is 28.6. The van der Waals surface area contributed by atoms with E-state index in [0.717, 1.165) is 32.1 Å². The third-order valence-corrected chi connectivity index (χ3v) is 3.31. The zero-order chi connectivity index (χ0) is 14.1. The molecule has 1 rings (SSSR count). The predicted octanol–water partition coefficient (Wildman–Crippen LogP) is 0.621. The number of hydrogen-bond acceptors (Lipinski definition) is 5. The summed E-state index contributed by atoms with van der Waals surface area (Å²) in [6.45, 7) is 4.46. The number of allylic oxidation sites excluding steroid dienone is 1. The minimum absolute atomic E-state index is 0.0617. The zero-order valence-corrected chi connectivity index (χ0v) is 11.4. The molecular weight excluding hydrogens is 248 g/mol. The van der Waals surface area contributed by atoms with Crippen LogP contribution in [-0.2, 0) is 9.47 Å². The summed E-state index contributed by atoms with van der Waals surface area (Å²) in [6, 6.07) is 0. The van der Waals surface area contributed by atoms with E-state index in [1.54, 1.807) is 0 Å². The number of aliphatic hydroxyl groups excluding tert-OH is 3. The SMILES string of the molecule is C=CCCCCCCOC[C@@H](O)[C@@H]1OC[C@H](O)[C@@H]1O. The molecule has 1 aliphatic heterocycles. The van der Waals surface area contributed by atoms with E-state index in [9.17, 15) is 15.3 Å². The lowest BCUT2D eigenvalue weighted by molar-refractivity contribution is -0.0813. The van der Waals surface area contributed by atoms with Crippen LogP contribution in [0.1, 0.15) is 32.1 Å². The first kappa shape index (κ1) is 16.6. The number of rotatable bonds is 10. The molecule has 0 saturated carbocycles. The molecule has 4 atom stereocenters. The molecule has 0 bridgehead atoms. The summed E-state index contributed by atoms with van der Waals surface area (Å²) in [5.41, 5.74) is 0. The van der Waals surface area contributed by atoms with Crippen molar-refractivity contribution < 1.29 is 24.8 Å². The van der Waals surface area contributed by atoms with Gasteiger partial charge >= 0.3 is 0 Å². The Bertz CT molecular complexity index is 246. The molecule has 0 amide bonds. The van der Waals surface area contributed by atoms with Gasteiger partial charge in [0.05, 0.1) is 13.2 Å². The van der Waals surface area contributed by atoms with Crippen molar-refractivity contribution in [2.45, 2.75) is 56.5 Å². The lowest BCUT2D eigenvalue weighted by Crippen LogP contribution is -2.40. The third-order valence-electron chi connectivity index (χ3n) is 3.31. The highest BCUT2D eigenvalue weighted by Gasteiger charge is 2.39. The second-order valence-electron chi connectivity index (χ2n) is 4.99. The van der Waals surface area contributed by atoms with Gasteiger partial charge in [0.15, 0.2) is 0 Å². The summed E-state index contributed by atoms with van der Waals surface area (Å²) < 4.78 is 10.5. The van der Waals surface area contributed by atoms with E-state index in [-0.39, 0.29) is 13.2 Å². The van der Waals surface area contributed by atoms with E-state index in [1.165, 1.54) is 0 Å². The Balaban J connectivity index is 1.98. The number of aliphatic hydroxyl groups is 3. The summed E-state index contributed by atoms with van der Waals surface area (Å²) in [4.78, 5) is 0. The minimum atomic E-state index is -1.03. The molecule has 0 aromatic rings. The van der Waals surface area contributed by atoms with E-state index in [0.29, 0.717) is 6.61 Å². The third kappa shape index (κ3) is 6.01. The Morgan fingerprint density at radius 1 is 1.26 bits per heavy atom. The fourth-order valence-electron chi connectivity index (χ4n) is 2.11. The summed E-state index contributed by atoms with van der Waals surface area (Å²) >= 11 is 0. The van der Waals surface area contributed by atoms with Crippen LogP contribution in [-0.4, -0.2) is 59.6 Å². The highest BCUT2D eigenvalue weighted by atomic mass is 16.5. The van der Waals surface area contributed by atoms with Crippen molar-refractivity contribution in [3.63, 3.8) is 0 Å². The molecular formula is C14H26O5. The zero-order valence-electron chi connectivity index (χ0n) is 11.4.